The Morgan fingerprint density at radius 3 is 2.83 bits per heavy atom. The van der Waals surface area contributed by atoms with E-state index in [1.807, 2.05) is 6.07 Å². The summed E-state index contributed by atoms with van der Waals surface area (Å²) in [5, 5.41) is 1.18. The van der Waals surface area contributed by atoms with Gasteiger partial charge in [0.05, 0.1) is 0 Å². The molecule has 0 spiro atoms. The second-order valence-corrected chi connectivity index (χ2v) is 8.21. The normalized spacial score (nSPS) is 23.7. The van der Waals surface area contributed by atoms with Crippen molar-refractivity contribution in [3.8, 4) is 0 Å². The molecule has 1 heterocycles. The zero-order valence-corrected chi connectivity index (χ0v) is 15.3. The van der Waals surface area contributed by atoms with Crippen molar-refractivity contribution >= 4 is 39.4 Å². The summed E-state index contributed by atoms with van der Waals surface area (Å²) in [6.45, 7) is 1.06. The van der Waals surface area contributed by atoms with E-state index in [1.165, 1.54) is 35.9 Å². The number of halogens is 2. The van der Waals surface area contributed by atoms with E-state index < -0.39 is 0 Å². The van der Waals surface area contributed by atoms with E-state index in [1.54, 1.807) is 34.6 Å². The average molecular weight is 352 g/mol. The summed E-state index contributed by atoms with van der Waals surface area (Å²) in [4.78, 5) is 3.66. The minimum Gasteiger partial charge on any atom is -0.305 e. The van der Waals surface area contributed by atoms with Crippen LogP contribution in [0.1, 0.15) is 30.6 Å². The number of thiophene rings is 1. The van der Waals surface area contributed by atoms with Gasteiger partial charge in [0.15, 0.2) is 0 Å². The Labute approximate surface area is 147 Å². The highest BCUT2D eigenvalue weighted by molar-refractivity contribution is 7.20. The molecule has 1 nitrogen and oxygen atoms in total. The molecule has 2 aliphatic rings. The van der Waals surface area contributed by atoms with Gasteiger partial charge in [-0.05, 0) is 80.8 Å². The van der Waals surface area contributed by atoms with Crippen LogP contribution in [0.4, 0.5) is 4.39 Å². The van der Waals surface area contributed by atoms with Crippen LogP contribution in [-0.4, -0.2) is 25.5 Å². The molecule has 2 aliphatic carbocycles. The first-order chi connectivity index (χ1) is 10.6. The Morgan fingerprint density at radius 2 is 2.04 bits per heavy atom. The molecule has 0 aliphatic heterocycles. The highest BCUT2D eigenvalue weighted by atomic mass is 35.5. The Hall–Kier alpha value is -0.900. The molecule has 4 rings (SSSR count). The molecule has 0 saturated heterocycles. The molecule has 1 fully saturated rings. The lowest BCUT2D eigenvalue weighted by Gasteiger charge is -2.28. The summed E-state index contributed by atoms with van der Waals surface area (Å²) in [5.74, 6) is 1.50. The molecule has 2 bridgehead atoms. The Morgan fingerprint density at radius 1 is 1.22 bits per heavy atom. The van der Waals surface area contributed by atoms with Crippen molar-refractivity contribution in [1.29, 1.82) is 0 Å². The molecule has 124 valence electrons. The summed E-state index contributed by atoms with van der Waals surface area (Å²) in [6, 6.07) is 7.44. The standard InChI is InChI=1S/C19H22FNS.ClH/c1-21(2)11-15-8-12-3-4-14(7-12)19(15)18-9-13-5-6-16(20)10-17(13)22-18;/h5-6,9-10,12,14H,3-4,7-8,11H2,1-2H3;1H/t12-,14+;/m1./s1. The molecule has 4 heteroatoms. The van der Waals surface area contributed by atoms with Gasteiger partial charge < -0.3 is 4.90 Å². The van der Waals surface area contributed by atoms with Gasteiger partial charge in [0.25, 0.3) is 0 Å². The molecule has 1 saturated carbocycles. The Kier molecular flexibility index (Phi) is 4.82. The van der Waals surface area contributed by atoms with Gasteiger partial charge in [0.2, 0.25) is 0 Å². The van der Waals surface area contributed by atoms with Crippen LogP contribution in [0.5, 0.6) is 0 Å². The van der Waals surface area contributed by atoms with Crippen LogP contribution < -0.4 is 0 Å². The van der Waals surface area contributed by atoms with Gasteiger partial charge in [-0.2, -0.15) is 0 Å². The zero-order valence-electron chi connectivity index (χ0n) is 13.6. The number of benzene rings is 1. The molecule has 23 heavy (non-hydrogen) atoms. The van der Waals surface area contributed by atoms with Gasteiger partial charge in [0, 0.05) is 16.1 Å². The van der Waals surface area contributed by atoms with Crippen molar-refractivity contribution in [2.75, 3.05) is 20.6 Å². The first-order valence-corrected chi connectivity index (χ1v) is 8.98. The van der Waals surface area contributed by atoms with E-state index in [9.17, 15) is 4.39 Å². The predicted octanol–water partition coefficient (Wildman–Crippen LogP) is 5.60. The van der Waals surface area contributed by atoms with Gasteiger partial charge in [-0.25, -0.2) is 4.39 Å². The van der Waals surface area contributed by atoms with Crippen molar-refractivity contribution in [3.05, 3.63) is 40.5 Å². The third-order valence-electron chi connectivity index (χ3n) is 5.12. The minimum atomic E-state index is -0.132. The van der Waals surface area contributed by atoms with E-state index >= 15 is 0 Å². The van der Waals surface area contributed by atoms with Gasteiger partial charge in [-0.15, -0.1) is 23.7 Å². The summed E-state index contributed by atoms with van der Waals surface area (Å²) >= 11 is 1.77. The fourth-order valence-electron chi connectivity index (χ4n) is 4.31. The number of nitrogens with zero attached hydrogens (tertiary/aromatic N) is 1. The first kappa shape index (κ1) is 16.9. The molecular formula is C19H23ClFNS. The van der Waals surface area contributed by atoms with Crippen LogP contribution >= 0.6 is 23.7 Å². The van der Waals surface area contributed by atoms with Crippen molar-refractivity contribution in [2.45, 2.75) is 25.7 Å². The maximum atomic E-state index is 13.5. The molecule has 1 aromatic heterocycles. The van der Waals surface area contributed by atoms with Crippen LogP contribution in [-0.2, 0) is 0 Å². The smallest absolute Gasteiger partial charge is 0.124 e. The van der Waals surface area contributed by atoms with Gasteiger partial charge in [0.1, 0.15) is 5.82 Å². The molecule has 0 unspecified atom stereocenters. The first-order valence-electron chi connectivity index (χ1n) is 8.16. The van der Waals surface area contributed by atoms with Crippen molar-refractivity contribution in [3.63, 3.8) is 0 Å². The summed E-state index contributed by atoms with van der Waals surface area (Å²) < 4.78 is 14.6. The number of allylic oxidation sites excluding steroid dienone is 1. The number of rotatable bonds is 3. The monoisotopic (exact) mass is 351 g/mol. The lowest BCUT2D eigenvalue weighted by Crippen LogP contribution is -2.21. The lowest BCUT2D eigenvalue weighted by molar-refractivity contribution is 0.413. The van der Waals surface area contributed by atoms with E-state index in [-0.39, 0.29) is 18.2 Å². The number of hydrogen-bond acceptors (Lipinski definition) is 2. The van der Waals surface area contributed by atoms with Crippen LogP contribution in [0.3, 0.4) is 0 Å². The molecule has 2 atom stereocenters. The van der Waals surface area contributed by atoms with Gasteiger partial charge >= 0.3 is 0 Å². The van der Waals surface area contributed by atoms with E-state index in [0.717, 1.165) is 23.1 Å². The average Bonchev–Trinajstić information content (AvgIpc) is 3.02. The highest BCUT2D eigenvalue weighted by Gasteiger charge is 2.35. The Bertz CT molecular complexity index is 749. The third-order valence-corrected chi connectivity index (χ3v) is 6.25. The quantitative estimate of drug-likeness (QED) is 0.696. The van der Waals surface area contributed by atoms with Crippen LogP contribution in [0.15, 0.2) is 29.8 Å². The van der Waals surface area contributed by atoms with Crippen LogP contribution in [0.25, 0.3) is 15.7 Å². The molecule has 0 amide bonds. The number of fused-ring (bicyclic) bond motifs is 3. The van der Waals surface area contributed by atoms with E-state index in [2.05, 4.69) is 25.1 Å². The maximum absolute atomic E-state index is 13.5. The Balaban J connectivity index is 0.00000156. The fourth-order valence-corrected chi connectivity index (χ4v) is 5.57. The molecule has 0 N–H and O–H groups in total. The van der Waals surface area contributed by atoms with Crippen LogP contribution in [0.2, 0.25) is 0 Å². The number of likely N-dealkylation sites (N-methyl/N-ethyl adjacent to an activating group) is 1. The SMILES string of the molecule is CN(C)CC1=C(c2cc3ccc(F)cc3s2)[C@H]2CC[C@@H](C1)C2.Cl. The summed E-state index contributed by atoms with van der Waals surface area (Å²) in [6.07, 6.45) is 5.33. The molecular weight excluding hydrogens is 329 g/mol. The van der Waals surface area contributed by atoms with Crippen LogP contribution in [0, 0.1) is 17.7 Å². The summed E-state index contributed by atoms with van der Waals surface area (Å²) in [5.41, 5.74) is 3.21. The largest absolute Gasteiger partial charge is 0.305 e. The molecule has 2 aromatic rings. The highest BCUT2D eigenvalue weighted by Crippen LogP contribution is 2.50. The van der Waals surface area contributed by atoms with Crippen molar-refractivity contribution in [1.82, 2.24) is 4.90 Å². The minimum absolute atomic E-state index is 0. The van der Waals surface area contributed by atoms with E-state index in [4.69, 9.17) is 0 Å². The second kappa shape index (κ2) is 6.54. The van der Waals surface area contributed by atoms with Crippen molar-refractivity contribution < 1.29 is 4.39 Å². The second-order valence-electron chi connectivity index (χ2n) is 7.13. The molecule has 1 aromatic carbocycles. The third kappa shape index (κ3) is 3.19. The maximum Gasteiger partial charge on any atom is 0.124 e. The fraction of sp³-hybridized carbons (Fsp3) is 0.474. The topological polar surface area (TPSA) is 3.24 Å². The zero-order chi connectivity index (χ0) is 15.3. The number of hydrogen-bond donors (Lipinski definition) is 0. The molecule has 0 radical (unpaired) electrons. The van der Waals surface area contributed by atoms with Gasteiger partial charge in [-0.1, -0.05) is 11.6 Å². The lowest BCUT2D eigenvalue weighted by atomic mass is 9.82. The van der Waals surface area contributed by atoms with Crippen molar-refractivity contribution in [2.24, 2.45) is 11.8 Å². The predicted molar refractivity (Wildman–Crippen MR) is 100.0 cm³/mol. The van der Waals surface area contributed by atoms with Gasteiger partial charge in [-0.3, -0.25) is 0 Å². The summed E-state index contributed by atoms with van der Waals surface area (Å²) in [7, 11) is 4.31. The van der Waals surface area contributed by atoms with E-state index in [0.29, 0.717) is 0 Å².